The number of carbonyl (C=O) groups is 1. The number of aromatic amines is 1. The van der Waals surface area contributed by atoms with Crippen molar-refractivity contribution in [3.05, 3.63) is 51.0 Å². The van der Waals surface area contributed by atoms with Gasteiger partial charge in [-0.15, -0.1) is 0 Å². The molecular formula is C22H29N3O2S. The van der Waals surface area contributed by atoms with Gasteiger partial charge in [-0.2, -0.15) is 0 Å². The minimum atomic E-state index is -0.0471. The fraction of sp³-hybridized carbons (Fsp3) is 0.500. The lowest BCUT2D eigenvalue weighted by Crippen LogP contribution is -2.24. The van der Waals surface area contributed by atoms with Crippen LogP contribution >= 0.6 is 12.2 Å². The van der Waals surface area contributed by atoms with Gasteiger partial charge in [0.05, 0.1) is 10.9 Å². The Bertz CT molecular complexity index is 958. The Balaban J connectivity index is 1.37. The normalized spacial score (nSPS) is 14.1. The molecule has 2 aromatic rings. The van der Waals surface area contributed by atoms with E-state index in [0.29, 0.717) is 23.1 Å². The highest BCUT2D eigenvalue weighted by molar-refractivity contribution is 7.71. The van der Waals surface area contributed by atoms with Gasteiger partial charge < -0.3 is 10.3 Å². The molecule has 0 aliphatic heterocycles. The van der Waals surface area contributed by atoms with Crippen LogP contribution in [0.4, 0.5) is 0 Å². The van der Waals surface area contributed by atoms with E-state index in [-0.39, 0.29) is 11.5 Å². The number of nitrogens with one attached hydrogen (secondary N) is 2. The molecule has 1 aliphatic rings. The lowest BCUT2D eigenvalue weighted by atomic mass is 9.97. The lowest BCUT2D eigenvalue weighted by molar-refractivity contribution is -0.121. The SMILES string of the molecule is O=C(CCCCCn1c(=S)[nH]c2ccccc2c1=O)NCCC1=CCCCC1. The zero-order chi connectivity index (χ0) is 19.8. The Morgan fingerprint density at radius 3 is 2.86 bits per heavy atom. The van der Waals surface area contributed by atoms with Crippen LogP contribution in [0.15, 0.2) is 40.7 Å². The van der Waals surface area contributed by atoms with Crippen LogP contribution in [-0.2, 0) is 11.3 Å². The summed E-state index contributed by atoms with van der Waals surface area (Å²) in [5.41, 5.74) is 2.22. The average Bonchev–Trinajstić information content (AvgIpc) is 2.71. The third-order valence-corrected chi connectivity index (χ3v) is 5.65. The number of H-pyrrole nitrogens is 1. The molecule has 0 saturated carbocycles. The van der Waals surface area contributed by atoms with Crippen LogP contribution < -0.4 is 10.9 Å². The van der Waals surface area contributed by atoms with Crippen molar-refractivity contribution in [1.29, 1.82) is 0 Å². The van der Waals surface area contributed by atoms with Gasteiger partial charge in [0.2, 0.25) is 5.91 Å². The van der Waals surface area contributed by atoms with Gasteiger partial charge in [0.25, 0.3) is 5.56 Å². The van der Waals surface area contributed by atoms with Crippen LogP contribution in [0.1, 0.15) is 57.8 Å². The number of unbranched alkanes of at least 4 members (excludes halogenated alkanes) is 2. The maximum Gasteiger partial charge on any atom is 0.262 e. The molecule has 1 heterocycles. The Hall–Kier alpha value is -2.21. The molecule has 2 N–H and O–H groups in total. The quantitative estimate of drug-likeness (QED) is 0.367. The molecule has 0 unspecified atom stereocenters. The van der Waals surface area contributed by atoms with Gasteiger partial charge >= 0.3 is 0 Å². The Morgan fingerprint density at radius 1 is 1.18 bits per heavy atom. The molecule has 3 rings (SSSR count). The third kappa shape index (κ3) is 5.64. The number of nitrogens with zero attached hydrogens (tertiary/aromatic N) is 1. The highest BCUT2D eigenvalue weighted by Gasteiger charge is 2.07. The number of para-hydroxylation sites is 1. The molecule has 5 nitrogen and oxygen atoms in total. The summed E-state index contributed by atoms with van der Waals surface area (Å²) in [6.45, 7) is 1.32. The highest BCUT2D eigenvalue weighted by Crippen LogP contribution is 2.19. The Labute approximate surface area is 170 Å². The van der Waals surface area contributed by atoms with Crippen LogP contribution in [0.25, 0.3) is 10.9 Å². The summed E-state index contributed by atoms with van der Waals surface area (Å²) < 4.78 is 2.08. The molecule has 150 valence electrons. The van der Waals surface area contributed by atoms with Gasteiger partial charge in [0, 0.05) is 19.5 Å². The van der Waals surface area contributed by atoms with Crippen LogP contribution in [0, 0.1) is 4.77 Å². The zero-order valence-corrected chi connectivity index (χ0v) is 17.2. The summed E-state index contributed by atoms with van der Waals surface area (Å²) >= 11 is 5.33. The van der Waals surface area contributed by atoms with Crippen molar-refractivity contribution in [3.8, 4) is 0 Å². The van der Waals surface area contributed by atoms with Crippen LogP contribution in [-0.4, -0.2) is 22.0 Å². The average molecular weight is 400 g/mol. The molecule has 0 radical (unpaired) electrons. The monoisotopic (exact) mass is 399 g/mol. The van der Waals surface area contributed by atoms with E-state index in [1.54, 1.807) is 4.57 Å². The van der Waals surface area contributed by atoms with E-state index in [1.807, 2.05) is 24.3 Å². The van der Waals surface area contributed by atoms with Crippen LogP contribution in [0.3, 0.4) is 0 Å². The molecule has 0 spiro atoms. The summed E-state index contributed by atoms with van der Waals surface area (Å²) in [6.07, 6.45) is 11.4. The minimum absolute atomic E-state index is 0.0471. The summed E-state index contributed by atoms with van der Waals surface area (Å²) in [4.78, 5) is 27.7. The van der Waals surface area contributed by atoms with Gasteiger partial charge in [-0.1, -0.05) is 30.2 Å². The molecule has 1 aromatic carbocycles. The summed E-state index contributed by atoms with van der Waals surface area (Å²) in [5.74, 6) is 0.122. The predicted molar refractivity (Wildman–Crippen MR) is 116 cm³/mol. The molecule has 0 atom stereocenters. The van der Waals surface area contributed by atoms with Crippen molar-refractivity contribution < 1.29 is 4.79 Å². The Morgan fingerprint density at radius 2 is 2.04 bits per heavy atom. The van der Waals surface area contributed by atoms with Crippen molar-refractivity contribution in [3.63, 3.8) is 0 Å². The minimum Gasteiger partial charge on any atom is -0.356 e. The second kappa shape index (κ2) is 10.4. The smallest absolute Gasteiger partial charge is 0.262 e. The predicted octanol–water partition coefficient (Wildman–Crippen LogP) is 4.63. The van der Waals surface area contributed by atoms with E-state index in [9.17, 15) is 9.59 Å². The first-order valence-electron chi connectivity index (χ1n) is 10.3. The highest BCUT2D eigenvalue weighted by atomic mass is 32.1. The second-order valence-corrected chi connectivity index (χ2v) is 7.84. The molecule has 1 aliphatic carbocycles. The molecule has 28 heavy (non-hydrogen) atoms. The molecule has 1 amide bonds. The number of hydrogen-bond acceptors (Lipinski definition) is 3. The summed E-state index contributed by atoms with van der Waals surface area (Å²) in [5, 5.41) is 3.68. The van der Waals surface area contributed by atoms with Crippen LogP contribution in [0.2, 0.25) is 0 Å². The van der Waals surface area contributed by atoms with Crippen molar-refractivity contribution >= 4 is 29.0 Å². The summed E-state index contributed by atoms with van der Waals surface area (Å²) in [7, 11) is 0. The van der Waals surface area contributed by atoms with E-state index >= 15 is 0 Å². The number of carbonyl (C=O) groups excluding carboxylic acids is 1. The topological polar surface area (TPSA) is 66.9 Å². The third-order valence-electron chi connectivity index (χ3n) is 5.33. The standard InChI is InChI=1S/C22H29N3O2S/c26-20(23-15-14-17-9-3-1-4-10-17)13-5-2-8-16-25-21(27)18-11-6-7-12-19(18)24-22(25)28/h6-7,9,11-12H,1-5,8,10,13-16H2,(H,23,26)(H,24,28). The largest absolute Gasteiger partial charge is 0.356 e. The summed E-state index contributed by atoms with van der Waals surface area (Å²) in [6, 6.07) is 7.41. The number of benzene rings is 1. The molecule has 0 bridgehead atoms. The fourth-order valence-corrected chi connectivity index (χ4v) is 4.00. The van der Waals surface area contributed by atoms with E-state index in [2.05, 4.69) is 16.4 Å². The maximum atomic E-state index is 12.6. The van der Waals surface area contributed by atoms with Gasteiger partial charge in [-0.3, -0.25) is 14.2 Å². The number of fused-ring (bicyclic) bond motifs is 1. The first kappa shape index (κ1) is 20.5. The first-order chi connectivity index (χ1) is 13.6. The molecule has 6 heteroatoms. The van der Waals surface area contributed by atoms with Gasteiger partial charge in [-0.25, -0.2) is 0 Å². The van der Waals surface area contributed by atoms with E-state index in [0.717, 1.165) is 37.7 Å². The first-order valence-corrected chi connectivity index (χ1v) is 10.7. The zero-order valence-electron chi connectivity index (χ0n) is 16.3. The maximum absolute atomic E-state index is 12.6. The van der Waals surface area contributed by atoms with E-state index < -0.39 is 0 Å². The van der Waals surface area contributed by atoms with Gasteiger partial charge in [-0.05, 0) is 69.3 Å². The molecular weight excluding hydrogens is 370 g/mol. The van der Waals surface area contributed by atoms with Gasteiger partial charge in [0.1, 0.15) is 0 Å². The lowest BCUT2D eigenvalue weighted by Gasteiger charge is -2.13. The van der Waals surface area contributed by atoms with E-state index in [4.69, 9.17) is 12.2 Å². The van der Waals surface area contributed by atoms with Crippen molar-refractivity contribution in [1.82, 2.24) is 14.9 Å². The number of aromatic nitrogens is 2. The Kier molecular flexibility index (Phi) is 7.60. The van der Waals surface area contributed by atoms with Crippen molar-refractivity contribution in [2.24, 2.45) is 0 Å². The number of rotatable bonds is 9. The van der Waals surface area contributed by atoms with Gasteiger partial charge in [0.15, 0.2) is 4.77 Å². The fourth-order valence-electron chi connectivity index (χ4n) is 3.72. The number of hydrogen-bond donors (Lipinski definition) is 2. The van der Waals surface area contributed by atoms with Crippen molar-refractivity contribution in [2.45, 2.75) is 64.3 Å². The van der Waals surface area contributed by atoms with E-state index in [1.165, 1.54) is 31.3 Å². The number of amides is 1. The second-order valence-electron chi connectivity index (χ2n) is 7.45. The van der Waals surface area contributed by atoms with Crippen molar-refractivity contribution in [2.75, 3.05) is 6.54 Å². The molecule has 1 aromatic heterocycles. The number of allylic oxidation sites excluding steroid dienone is 1. The molecule has 0 fully saturated rings. The molecule has 0 saturated heterocycles. The van der Waals surface area contributed by atoms with Crippen LogP contribution in [0.5, 0.6) is 0 Å².